The van der Waals surface area contributed by atoms with Crippen molar-refractivity contribution < 1.29 is 9.90 Å². The molecular formula is C17H18N4O2. The van der Waals surface area contributed by atoms with E-state index in [4.69, 9.17) is 5.73 Å². The second-order valence-electron chi connectivity index (χ2n) is 6.14. The average Bonchev–Trinajstić information content (AvgIpc) is 3.06. The molecule has 1 atom stereocenters. The lowest BCUT2D eigenvalue weighted by Gasteiger charge is -2.15. The van der Waals surface area contributed by atoms with Gasteiger partial charge in [0.25, 0.3) is 5.91 Å². The molecule has 1 aliphatic rings. The van der Waals surface area contributed by atoms with Gasteiger partial charge in [0.05, 0.1) is 17.4 Å². The van der Waals surface area contributed by atoms with Gasteiger partial charge in [0.15, 0.2) is 0 Å². The third-order valence-corrected chi connectivity index (χ3v) is 4.48. The fourth-order valence-corrected chi connectivity index (χ4v) is 3.33. The Morgan fingerprint density at radius 2 is 2.30 bits per heavy atom. The van der Waals surface area contributed by atoms with E-state index >= 15 is 0 Å². The van der Waals surface area contributed by atoms with Gasteiger partial charge in [0.1, 0.15) is 5.82 Å². The number of aliphatic hydroxyl groups is 1. The maximum absolute atomic E-state index is 12.9. The van der Waals surface area contributed by atoms with Crippen LogP contribution < -0.4 is 5.73 Å². The number of fused-ring (bicyclic) bond motifs is 2. The number of nitrogens with zero attached hydrogens (tertiary/aromatic N) is 2. The molecule has 2 heterocycles. The fourth-order valence-electron chi connectivity index (χ4n) is 3.33. The highest BCUT2D eigenvalue weighted by Crippen LogP contribution is 2.28. The van der Waals surface area contributed by atoms with E-state index in [1.165, 1.54) is 4.68 Å². The highest BCUT2D eigenvalue weighted by Gasteiger charge is 2.26. The van der Waals surface area contributed by atoms with Crippen LogP contribution in [0, 0.1) is 6.92 Å². The number of aromatic amines is 1. The SMILES string of the molecule is Cc1cc2c(C(=O)n3nc4c(c3N)CC(O)CC4)cccc2[nH]1. The van der Waals surface area contributed by atoms with Crippen molar-refractivity contribution in [2.45, 2.75) is 32.3 Å². The van der Waals surface area contributed by atoms with Gasteiger partial charge in [-0.05, 0) is 38.0 Å². The average molecular weight is 310 g/mol. The Bertz CT molecular complexity index is 922. The molecule has 6 nitrogen and oxygen atoms in total. The largest absolute Gasteiger partial charge is 0.393 e. The van der Waals surface area contributed by atoms with Crippen LogP contribution in [-0.4, -0.2) is 31.9 Å². The van der Waals surface area contributed by atoms with Crippen molar-refractivity contribution >= 4 is 22.6 Å². The van der Waals surface area contributed by atoms with Crippen molar-refractivity contribution in [3.8, 4) is 0 Å². The maximum Gasteiger partial charge on any atom is 0.280 e. The quantitative estimate of drug-likeness (QED) is 0.638. The van der Waals surface area contributed by atoms with Crippen LogP contribution in [0.15, 0.2) is 24.3 Å². The molecule has 2 aromatic heterocycles. The lowest BCUT2D eigenvalue weighted by atomic mass is 9.95. The molecule has 1 unspecified atom stereocenters. The van der Waals surface area contributed by atoms with Crippen molar-refractivity contribution in [2.24, 2.45) is 0 Å². The molecule has 0 amide bonds. The van der Waals surface area contributed by atoms with Crippen LogP contribution in [-0.2, 0) is 12.8 Å². The minimum atomic E-state index is -0.409. The van der Waals surface area contributed by atoms with Crippen molar-refractivity contribution in [1.29, 1.82) is 0 Å². The van der Waals surface area contributed by atoms with Gasteiger partial charge in [0, 0.05) is 28.6 Å². The molecular weight excluding hydrogens is 292 g/mol. The van der Waals surface area contributed by atoms with Gasteiger partial charge < -0.3 is 15.8 Å². The first-order valence-electron chi connectivity index (χ1n) is 7.72. The number of benzene rings is 1. The number of hydrogen-bond acceptors (Lipinski definition) is 4. The first-order chi connectivity index (χ1) is 11.0. The molecule has 3 aromatic rings. The third-order valence-electron chi connectivity index (χ3n) is 4.48. The number of nitrogens with two attached hydrogens (primary N) is 1. The summed E-state index contributed by atoms with van der Waals surface area (Å²) in [5.41, 5.74) is 10.2. The number of hydrogen-bond donors (Lipinski definition) is 3. The summed E-state index contributed by atoms with van der Waals surface area (Å²) in [6.45, 7) is 1.95. The summed E-state index contributed by atoms with van der Waals surface area (Å²) in [4.78, 5) is 16.2. The Labute approximate surface area is 132 Å². The normalized spacial score (nSPS) is 17.4. The van der Waals surface area contributed by atoms with E-state index in [1.807, 2.05) is 25.1 Å². The molecule has 0 saturated heterocycles. The summed E-state index contributed by atoms with van der Waals surface area (Å²) in [7, 11) is 0. The summed E-state index contributed by atoms with van der Waals surface area (Å²) in [6.07, 6.45) is 1.36. The molecule has 0 saturated carbocycles. The predicted octanol–water partition coefficient (Wildman–Crippen LogP) is 1.79. The van der Waals surface area contributed by atoms with Crippen LogP contribution in [0.1, 0.15) is 33.7 Å². The lowest BCUT2D eigenvalue weighted by Crippen LogP contribution is -2.18. The van der Waals surface area contributed by atoms with Crippen LogP contribution in [0.25, 0.3) is 10.9 Å². The number of rotatable bonds is 1. The van der Waals surface area contributed by atoms with Crippen molar-refractivity contribution in [3.05, 3.63) is 46.8 Å². The number of H-pyrrole nitrogens is 1. The van der Waals surface area contributed by atoms with Crippen LogP contribution in [0.4, 0.5) is 5.82 Å². The van der Waals surface area contributed by atoms with E-state index in [9.17, 15) is 9.90 Å². The molecule has 1 aromatic carbocycles. The molecule has 0 bridgehead atoms. The first-order valence-corrected chi connectivity index (χ1v) is 7.72. The Morgan fingerprint density at radius 1 is 1.48 bits per heavy atom. The Kier molecular flexibility index (Phi) is 3.02. The van der Waals surface area contributed by atoms with Crippen molar-refractivity contribution in [3.63, 3.8) is 0 Å². The summed E-state index contributed by atoms with van der Waals surface area (Å²) >= 11 is 0. The van der Waals surface area contributed by atoms with Crippen LogP contribution in [0.3, 0.4) is 0 Å². The van der Waals surface area contributed by atoms with Crippen LogP contribution in [0.2, 0.25) is 0 Å². The van der Waals surface area contributed by atoms with Gasteiger partial charge >= 0.3 is 0 Å². The smallest absolute Gasteiger partial charge is 0.280 e. The zero-order valence-corrected chi connectivity index (χ0v) is 12.8. The highest BCUT2D eigenvalue weighted by atomic mass is 16.3. The second-order valence-corrected chi connectivity index (χ2v) is 6.14. The summed E-state index contributed by atoms with van der Waals surface area (Å²) in [5.74, 6) is 0.101. The molecule has 6 heteroatoms. The molecule has 0 aliphatic heterocycles. The number of nitrogens with one attached hydrogen (secondary N) is 1. The Hall–Kier alpha value is -2.60. The summed E-state index contributed by atoms with van der Waals surface area (Å²) in [6, 6.07) is 7.51. The zero-order chi connectivity index (χ0) is 16.1. The molecule has 23 heavy (non-hydrogen) atoms. The molecule has 0 fully saturated rings. The topological polar surface area (TPSA) is 96.9 Å². The fraction of sp³-hybridized carbons (Fsp3) is 0.294. The van der Waals surface area contributed by atoms with Gasteiger partial charge in [-0.2, -0.15) is 9.78 Å². The van der Waals surface area contributed by atoms with E-state index in [1.54, 1.807) is 6.07 Å². The van der Waals surface area contributed by atoms with Gasteiger partial charge in [0.2, 0.25) is 0 Å². The highest BCUT2D eigenvalue weighted by molar-refractivity contribution is 6.08. The number of anilines is 1. The Morgan fingerprint density at radius 3 is 3.13 bits per heavy atom. The van der Waals surface area contributed by atoms with E-state index < -0.39 is 6.10 Å². The standard InChI is InChI=1S/C17H18N4O2/c1-9-7-12-11(3-2-4-14(12)19-9)17(23)21-16(18)13-8-10(22)5-6-15(13)20-21/h2-4,7,10,19,22H,5-6,8,18H2,1H3. The number of aryl methyl sites for hydroxylation is 2. The van der Waals surface area contributed by atoms with E-state index in [0.717, 1.165) is 27.9 Å². The van der Waals surface area contributed by atoms with Gasteiger partial charge in [-0.1, -0.05) is 6.07 Å². The van der Waals surface area contributed by atoms with Gasteiger partial charge in [-0.3, -0.25) is 4.79 Å². The third kappa shape index (κ3) is 2.14. The second kappa shape index (κ2) is 4.96. The monoisotopic (exact) mass is 310 g/mol. The number of carbonyl (C=O) groups is 1. The van der Waals surface area contributed by atoms with Gasteiger partial charge in [-0.25, -0.2) is 0 Å². The maximum atomic E-state index is 12.9. The minimum absolute atomic E-state index is 0.240. The van der Waals surface area contributed by atoms with E-state index in [0.29, 0.717) is 30.6 Å². The molecule has 0 spiro atoms. The first kappa shape index (κ1) is 14.0. The Balaban J connectivity index is 1.83. The van der Waals surface area contributed by atoms with Crippen LogP contribution in [0.5, 0.6) is 0 Å². The molecule has 4 N–H and O–H groups in total. The summed E-state index contributed by atoms with van der Waals surface area (Å²) in [5, 5.41) is 15.1. The molecule has 1 aliphatic carbocycles. The molecule has 4 rings (SSSR count). The van der Waals surface area contributed by atoms with Gasteiger partial charge in [-0.15, -0.1) is 0 Å². The number of aromatic nitrogens is 3. The molecule has 118 valence electrons. The number of aliphatic hydroxyl groups excluding tert-OH is 1. The lowest BCUT2D eigenvalue weighted by molar-refractivity contribution is 0.0949. The van der Waals surface area contributed by atoms with E-state index in [-0.39, 0.29) is 5.91 Å². The van der Waals surface area contributed by atoms with Crippen molar-refractivity contribution in [2.75, 3.05) is 5.73 Å². The predicted molar refractivity (Wildman–Crippen MR) is 87.4 cm³/mol. The zero-order valence-electron chi connectivity index (χ0n) is 12.8. The number of nitrogen functional groups attached to an aromatic ring is 1. The number of carbonyl (C=O) groups excluding carboxylic acids is 1. The summed E-state index contributed by atoms with van der Waals surface area (Å²) < 4.78 is 1.28. The van der Waals surface area contributed by atoms with E-state index in [2.05, 4.69) is 10.1 Å². The van der Waals surface area contributed by atoms with Crippen LogP contribution >= 0.6 is 0 Å². The minimum Gasteiger partial charge on any atom is -0.393 e. The molecule has 0 radical (unpaired) electrons. The van der Waals surface area contributed by atoms with Crippen molar-refractivity contribution in [1.82, 2.24) is 14.8 Å².